The third kappa shape index (κ3) is 4.54. The summed E-state index contributed by atoms with van der Waals surface area (Å²) < 4.78 is 23.5. The van der Waals surface area contributed by atoms with Crippen LogP contribution in [0.4, 0.5) is 9.18 Å². The molecule has 0 unspecified atom stereocenters. The Morgan fingerprint density at radius 3 is 2.73 bits per heavy atom. The molecule has 2 aromatic rings. The van der Waals surface area contributed by atoms with Crippen LogP contribution in [0, 0.1) is 17.7 Å². The van der Waals surface area contributed by atoms with Crippen molar-refractivity contribution in [1.29, 1.82) is 0 Å². The molecule has 3 N–H and O–H groups in total. The summed E-state index contributed by atoms with van der Waals surface area (Å²) in [4.78, 5) is 10.6. The number of rotatable bonds is 4. The number of urea groups is 1. The summed E-state index contributed by atoms with van der Waals surface area (Å²) in [6.07, 6.45) is 0.230. The topological polar surface area (TPSA) is 88.9 Å². The first-order valence-electron chi connectivity index (χ1n) is 6.32. The highest BCUT2D eigenvalue weighted by Gasteiger charge is 2.04. The molecule has 22 heavy (non-hydrogen) atoms. The maximum absolute atomic E-state index is 12.8. The SMILES string of the molecule is NC(=O)N(O)CCC#Cc1ccc(Oc2ccc(F)cc2)o1. The predicted molar refractivity (Wildman–Crippen MR) is 74.8 cm³/mol. The van der Waals surface area contributed by atoms with Gasteiger partial charge in [-0.25, -0.2) is 14.2 Å². The van der Waals surface area contributed by atoms with Crippen LogP contribution in [0.2, 0.25) is 0 Å². The molecule has 0 aliphatic carbocycles. The number of hydroxylamine groups is 2. The molecular weight excluding hydrogens is 291 g/mol. The first kappa shape index (κ1) is 15.4. The maximum atomic E-state index is 12.8. The molecule has 114 valence electrons. The zero-order chi connectivity index (χ0) is 15.9. The first-order valence-corrected chi connectivity index (χ1v) is 6.32. The number of nitrogens with zero attached hydrogens (tertiary/aromatic N) is 1. The first-order chi connectivity index (χ1) is 10.5. The van der Waals surface area contributed by atoms with Crippen molar-refractivity contribution in [2.45, 2.75) is 6.42 Å². The Balaban J connectivity index is 1.89. The van der Waals surface area contributed by atoms with Gasteiger partial charge >= 0.3 is 6.03 Å². The zero-order valence-corrected chi connectivity index (χ0v) is 11.5. The number of nitrogens with two attached hydrogens (primary N) is 1. The molecule has 0 aliphatic heterocycles. The molecule has 2 amide bonds. The molecule has 0 bridgehead atoms. The third-order valence-corrected chi connectivity index (χ3v) is 2.53. The van der Waals surface area contributed by atoms with E-state index in [4.69, 9.17) is 20.1 Å². The largest absolute Gasteiger partial charge is 0.426 e. The van der Waals surface area contributed by atoms with Gasteiger partial charge in [0.2, 0.25) is 0 Å². The lowest BCUT2D eigenvalue weighted by Crippen LogP contribution is -2.33. The molecular formula is C15H13FN2O4. The van der Waals surface area contributed by atoms with Crippen LogP contribution in [-0.4, -0.2) is 22.8 Å². The molecule has 7 heteroatoms. The Kier molecular flexibility index (Phi) is 5.01. The van der Waals surface area contributed by atoms with E-state index in [1.807, 2.05) is 0 Å². The molecule has 0 aliphatic rings. The minimum Gasteiger partial charge on any atom is -0.426 e. The van der Waals surface area contributed by atoms with Gasteiger partial charge in [0.1, 0.15) is 11.6 Å². The van der Waals surface area contributed by atoms with Crippen molar-refractivity contribution in [3.8, 4) is 23.5 Å². The van der Waals surface area contributed by atoms with Crippen molar-refractivity contribution < 1.29 is 23.5 Å². The van der Waals surface area contributed by atoms with E-state index in [-0.39, 0.29) is 24.7 Å². The number of hydrogen-bond acceptors (Lipinski definition) is 4. The van der Waals surface area contributed by atoms with Crippen molar-refractivity contribution in [3.63, 3.8) is 0 Å². The Hall–Kier alpha value is -2.98. The third-order valence-electron chi connectivity index (χ3n) is 2.53. The quantitative estimate of drug-likeness (QED) is 0.516. The number of carbonyl (C=O) groups is 1. The van der Waals surface area contributed by atoms with Crippen molar-refractivity contribution in [2.75, 3.05) is 6.54 Å². The highest BCUT2D eigenvalue weighted by molar-refractivity contribution is 5.70. The van der Waals surface area contributed by atoms with Gasteiger partial charge < -0.3 is 14.9 Å². The van der Waals surface area contributed by atoms with Crippen LogP contribution in [0.3, 0.4) is 0 Å². The molecule has 1 heterocycles. The van der Waals surface area contributed by atoms with E-state index >= 15 is 0 Å². The van der Waals surface area contributed by atoms with Gasteiger partial charge in [-0.2, -0.15) is 0 Å². The zero-order valence-electron chi connectivity index (χ0n) is 11.5. The average molecular weight is 304 g/mol. The number of carbonyl (C=O) groups excluding carboxylic acids is 1. The second kappa shape index (κ2) is 7.15. The molecule has 2 rings (SSSR count). The summed E-state index contributed by atoms with van der Waals surface area (Å²) in [5.74, 6) is 6.09. The molecule has 0 atom stereocenters. The van der Waals surface area contributed by atoms with Crippen LogP contribution >= 0.6 is 0 Å². The van der Waals surface area contributed by atoms with Gasteiger partial charge in [-0.1, -0.05) is 5.92 Å². The number of amides is 2. The maximum Gasteiger partial charge on any atom is 0.338 e. The van der Waals surface area contributed by atoms with Crippen LogP contribution < -0.4 is 10.5 Å². The van der Waals surface area contributed by atoms with Gasteiger partial charge in [0.15, 0.2) is 5.76 Å². The van der Waals surface area contributed by atoms with Gasteiger partial charge in [0, 0.05) is 12.5 Å². The minimum absolute atomic E-state index is 0.00196. The van der Waals surface area contributed by atoms with Crippen LogP contribution in [-0.2, 0) is 0 Å². The van der Waals surface area contributed by atoms with Crippen LogP contribution in [0.1, 0.15) is 12.2 Å². The van der Waals surface area contributed by atoms with Gasteiger partial charge in [0.05, 0.1) is 6.54 Å². The molecule has 0 radical (unpaired) electrons. The van der Waals surface area contributed by atoms with E-state index < -0.39 is 6.03 Å². The Morgan fingerprint density at radius 2 is 2.05 bits per heavy atom. The lowest BCUT2D eigenvalue weighted by Gasteiger charge is -2.08. The predicted octanol–water partition coefficient (Wildman–Crippen LogP) is 2.72. The molecule has 6 nitrogen and oxygen atoms in total. The van der Waals surface area contributed by atoms with E-state index in [0.717, 1.165) is 0 Å². The molecule has 0 spiro atoms. The lowest BCUT2D eigenvalue weighted by atomic mass is 10.3. The van der Waals surface area contributed by atoms with E-state index in [9.17, 15) is 9.18 Å². The molecule has 0 fully saturated rings. The Bertz CT molecular complexity index is 700. The Morgan fingerprint density at radius 1 is 1.32 bits per heavy atom. The summed E-state index contributed by atoms with van der Waals surface area (Å²) in [6.45, 7) is 0.00196. The fourth-order valence-electron chi connectivity index (χ4n) is 1.48. The average Bonchev–Trinajstić information content (AvgIpc) is 2.93. The number of hydrogen-bond donors (Lipinski definition) is 2. The lowest BCUT2D eigenvalue weighted by molar-refractivity contribution is -0.0372. The summed E-state index contributed by atoms with van der Waals surface area (Å²) >= 11 is 0. The highest BCUT2D eigenvalue weighted by atomic mass is 19.1. The van der Waals surface area contributed by atoms with Crippen LogP contribution in [0.15, 0.2) is 40.8 Å². The van der Waals surface area contributed by atoms with E-state index in [1.54, 1.807) is 12.1 Å². The van der Waals surface area contributed by atoms with Crippen molar-refractivity contribution in [3.05, 3.63) is 48.0 Å². The fourth-order valence-corrected chi connectivity index (χ4v) is 1.48. The summed E-state index contributed by atoms with van der Waals surface area (Å²) in [7, 11) is 0. The van der Waals surface area contributed by atoms with E-state index in [2.05, 4.69) is 11.8 Å². The van der Waals surface area contributed by atoms with Gasteiger partial charge in [-0.05, 0) is 36.3 Å². The van der Waals surface area contributed by atoms with Gasteiger partial charge in [-0.3, -0.25) is 5.21 Å². The van der Waals surface area contributed by atoms with Crippen LogP contribution in [0.5, 0.6) is 11.7 Å². The van der Waals surface area contributed by atoms with Crippen molar-refractivity contribution >= 4 is 6.03 Å². The van der Waals surface area contributed by atoms with Gasteiger partial charge in [0.25, 0.3) is 5.95 Å². The second-order valence-corrected chi connectivity index (χ2v) is 4.19. The normalized spacial score (nSPS) is 9.73. The molecule has 1 aromatic carbocycles. The summed E-state index contributed by atoms with van der Waals surface area (Å²) in [5.41, 5.74) is 4.85. The summed E-state index contributed by atoms with van der Waals surface area (Å²) in [5, 5.41) is 9.41. The number of benzene rings is 1. The highest BCUT2D eigenvalue weighted by Crippen LogP contribution is 2.23. The van der Waals surface area contributed by atoms with Crippen molar-refractivity contribution in [2.24, 2.45) is 5.73 Å². The molecule has 0 saturated carbocycles. The minimum atomic E-state index is -0.935. The number of furan rings is 1. The second-order valence-electron chi connectivity index (χ2n) is 4.19. The Labute approximate surface area is 125 Å². The van der Waals surface area contributed by atoms with Crippen LogP contribution in [0.25, 0.3) is 0 Å². The number of halogens is 1. The van der Waals surface area contributed by atoms with Crippen molar-refractivity contribution in [1.82, 2.24) is 5.06 Å². The van der Waals surface area contributed by atoms with Gasteiger partial charge in [-0.15, -0.1) is 0 Å². The van der Waals surface area contributed by atoms with E-state index in [1.165, 1.54) is 24.3 Å². The molecule has 1 aromatic heterocycles. The smallest absolute Gasteiger partial charge is 0.338 e. The monoisotopic (exact) mass is 304 g/mol. The standard InChI is InChI=1S/C15H13FN2O4/c16-11-4-6-13(7-5-11)22-14-9-8-12(21-14)3-1-2-10-18(20)15(17)19/h4-9,20H,2,10H2,(H2,17,19). The molecule has 0 saturated heterocycles. The number of ether oxygens (including phenoxy) is 1. The van der Waals surface area contributed by atoms with E-state index in [0.29, 0.717) is 16.6 Å². The summed E-state index contributed by atoms with van der Waals surface area (Å²) in [6, 6.07) is 7.75. The fraction of sp³-hybridized carbons (Fsp3) is 0.133. The number of primary amides is 1.